The fourth-order valence-corrected chi connectivity index (χ4v) is 7.26. The molecule has 3 unspecified atom stereocenters. The molecule has 0 aromatic heterocycles. The minimum absolute atomic E-state index is 0.0427. The van der Waals surface area contributed by atoms with E-state index in [1.165, 1.54) is 12.1 Å². The number of alkyl halides is 2. The van der Waals surface area contributed by atoms with Crippen LogP contribution >= 0.6 is 15.9 Å². The summed E-state index contributed by atoms with van der Waals surface area (Å²) in [5.41, 5.74) is -0.506. The Balaban J connectivity index is 1.60. The molecule has 0 spiro atoms. The zero-order valence-corrected chi connectivity index (χ0v) is 20.4. The molecule has 11 heteroatoms. The molecule has 1 N–H and O–H groups in total. The molecule has 0 radical (unpaired) electrons. The standard InChI is InChI=1S/C22H26BrF2N3O4S/c1-26-12-21(5-6-21)27-19(29)17-10-16(33(31,32)15-4-2-3-14(23)9-15)11-18(17)20(30)28-8-7-22(24,25)13-28/h2-4,9,16-18H,1,5-8,10-13H2,(H,27,29). The molecule has 3 aliphatic rings. The van der Waals surface area contributed by atoms with E-state index in [-0.39, 0.29) is 24.3 Å². The summed E-state index contributed by atoms with van der Waals surface area (Å²) in [5, 5.41) is 1.96. The zero-order chi connectivity index (χ0) is 24.0. The van der Waals surface area contributed by atoms with Gasteiger partial charge in [0.25, 0.3) is 5.92 Å². The summed E-state index contributed by atoms with van der Waals surface area (Å²) in [6.45, 7) is 2.99. The van der Waals surface area contributed by atoms with Crippen molar-refractivity contribution in [3.8, 4) is 0 Å². The summed E-state index contributed by atoms with van der Waals surface area (Å²) in [6.07, 6.45) is 0.887. The van der Waals surface area contributed by atoms with Crippen LogP contribution in [0.4, 0.5) is 8.78 Å². The molecule has 2 amide bonds. The number of amides is 2. The fraction of sp³-hybridized carbons (Fsp3) is 0.591. The Labute approximate surface area is 200 Å². The van der Waals surface area contributed by atoms with E-state index < -0.39 is 63.2 Å². The van der Waals surface area contributed by atoms with Crippen molar-refractivity contribution in [1.82, 2.24) is 10.2 Å². The first-order valence-corrected chi connectivity index (χ1v) is 13.2. The smallest absolute Gasteiger partial charge is 0.267 e. The molecular formula is C22H26BrF2N3O4S. The molecule has 1 aromatic rings. The van der Waals surface area contributed by atoms with Crippen LogP contribution in [0.25, 0.3) is 0 Å². The van der Waals surface area contributed by atoms with E-state index in [1.54, 1.807) is 12.1 Å². The first-order chi connectivity index (χ1) is 15.5. The van der Waals surface area contributed by atoms with Crippen LogP contribution in [-0.4, -0.2) is 68.2 Å². The number of aliphatic imine (C=N–C) groups is 1. The van der Waals surface area contributed by atoms with Crippen LogP contribution in [0.15, 0.2) is 38.6 Å². The fourth-order valence-electron chi connectivity index (χ4n) is 4.84. The molecule has 1 saturated heterocycles. The van der Waals surface area contributed by atoms with Crippen molar-refractivity contribution < 1.29 is 26.8 Å². The Hall–Kier alpha value is -1.88. The summed E-state index contributed by atoms with van der Waals surface area (Å²) in [5.74, 6) is -5.86. The van der Waals surface area contributed by atoms with Gasteiger partial charge in [-0.25, -0.2) is 17.2 Å². The van der Waals surface area contributed by atoms with Crippen molar-refractivity contribution >= 4 is 44.3 Å². The second-order valence-corrected chi connectivity index (χ2v) is 12.5. The van der Waals surface area contributed by atoms with Crippen LogP contribution in [-0.2, 0) is 19.4 Å². The summed E-state index contributed by atoms with van der Waals surface area (Å²) < 4.78 is 54.7. The highest BCUT2D eigenvalue weighted by Gasteiger charge is 2.53. The molecule has 1 aromatic carbocycles. The van der Waals surface area contributed by atoms with Crippen LogP contribution in [0.3, 0.4) is 0 Å². The molecular weight excluding hydrogens is 520 g/mol. The third-order valence-electron chi connectivity index (χ3n) is 6.87. The van der Waals surface area contributed by atoms with Crippen molar-refractivity contribution in [3.63, 3.8) is 0 Å². The van der Waals surface area contributed by atoms with Crippen LogP contribution in [0, 0.1) is 11.8 Å². The van der Waals surface area contributed by atoms with Gasteiger partial charge < -0.3 is 10.2 Å². The number of hydrogen-bond acceptors (Lipinski definition) is 5. The van der Waals surface area contributed by atoms with Crippen molar-refractivity contribution in [2.75, 3.05) is 19.6 Å². The molecule has 2 aliphatic carbocycles. The van der Waals surface area contributed by atoms with Crippen molar-refractivity contribution in [3.05, 3.63) is 28.7 Å². The van der Waals surface area contributed by atoms with Crippen LogP contribution < -0.4 is 5.32 Å². The molecule has 7 nitrogen and oxygen atoms in total. The lowest BCUT2D eigenvalue weighted by molar-refractivity contribution is -0.141. The second kappa shape index (κ2) is 8.72. The predicted molar refractivity (Wildman–Crippen MR) is 122 cm³/mol. The van der Waals surface area contributed by atoms with Crippen LogP contribution in [0.1, 0.15) is 32.1 Å². The number of likely N-dealkylation sites (tertiary alicyclic amines) is 1. The van der Waals surface area contributed by atoms with Gasteiger partial charge in [0.05, 0.1) is 40.6 Å². The van der Waals surface area contributed by atoms with Gasteiger partial charge in [-0.1, -0.05) is 22.0 Å². The number of hydrogen-bond donors (Lipinski definition) is 1. The largest absolute Gasteiger partial charge is 0.349 e. The van der Waals surface area contributed by atoms with Crippen LogP contribution in [0.5, 0.6) is 0 Å². The Kier molecular flexibility index (Phi) is 6.41. The minimum Gasteiger partial charge on any atom is -0.349 e. The van der Waals surface area contributed by atoms with E-state index in [1.807, 2.05) is 0 Å². The predicted octanol–water partition coefficient (Wildman–Crippen LogP) is 2.83. The number of carbonyl (C=O) groups excluding carboxylic acids is 2. The Bertz CT molecular complexity index is 1080. The van der Waals surface area contributed by atoms with Crippen LogP contribution in [0.2, 0.25) is 0 Å². The topological polar surface area (TPSA) is 95.9 Å². The highest BCUT2D eigenvalue weighted by molar-refractivity contribution is 9.10. The molecule has 3 atom stereocenters. The molecule has 2 saturated carbocycles. The summed E-state index contributed by atoms with van der Waals surface area (Å²) in [4.78, 5) is 31.4. The maximum atomic E-state index is 13.7. The number of carbonyl (C=O) groups is 2. The minimum atomic E-state index is -3.84. The number of nitrogens with one attached hydrogen (secondary N) is 1. The lowest BCUT2D eigenvalue weighted by Gasteiger charge is -2.25. The van der Waals surface area contributed by atoms with E-state index >= 15 is 0 Å². The maximum absolute atomic E-state index is 13.7. The first-order valence-electron chi connectivity index (χ1n) is 10.9. The first kappa shape index (κ1) is 24.3. The average Bonchev–Trinajstić information content (AvgIpc) is 3.19. The number of halogens is 3. The molecule has 0 bridgehead atoms. The van der Waals surface area contributed by atoms with E-state index in [9.17, 15) is 26.8 Å². The normalized spacial score (nSPS) is 27.8. The summed E-state index contributed by atoms with van der Waals surface area (Å²) >= 11 is 3.27. The summed E-state index contributed by atoms with van der Waals surface area (Å²) in [7, 11) is -3.84. The quantitative estimate of drug-likeness (QED) is 0.533. The maximum Gasteiger partial charge on any atom is 0.267 e. The van der Waals surface area contributed by atoms with Gasteiger partial charge in [0.15, 0.2) is 9.84 Å². The van der Waals surface area contributed by atoms with Gasteiger partial charge in [0.1, 0.15) is 0 Å². The number of rotatable bonds is 7. The lowest BCUT2D eigenvalue weighted by atomic mass is 9.93. The van der Waals surface area contributed by atoms with Gasteiger partial charge in [-0.05, 0) is 50.6 Å². The highest BCUT2D eigenvalue weighted by Crippen LogP contribution is 2.43. The SMILES string of the molecule is C=NCC1(NC(=O)C2CC(S(=O)(=O)c3cccc(Br)c3)CC2C(=O)N2CCC(F)(F)C2)CC1. The van der Waals surface area contributed by atoms with Crippen molar-refractivity contribution in [2.24, 2.45) is 16.8 Å². The zero-order valence-electron chi connectivity index (χ0n) is 18.0. The third-order valence-corrected chi connectivity index (χ3v) is 9.54. The molecule has 4 rings (SSSR count). The van der Waals surface area contributed by atoms with E-state index in [4.69, 9.17) is 0 Å². The molecule has 3 fully saturated rings. The molecule has 33 heavy (non-hydrogen) atoms. The Morgan fingerprint density at radius 2 is 1.91 bits per heavy atom. The number of nitrogens with zero attached hydrogens (tertiary/aromatic N) is 2. The highest BCUT2D eigenvalue weighted by atomic mass is 79.9. The van der Waals surface area contributed by atoms with Gasteiger partial charge in [0, 0.05) is 17.4 Å². The third kappa shape index (κ3) is 4.99. The van der Waals surface area contributed by atoms with Gasteiger partial charge >= 0.3 is 0 Å². The van der Waals surface area contributed by atoms with Gasteiger partial charge in [-0.15, -0.1) is 0 Å². The Morgan fingerprint density at radius 1 is 1.21 bits per heavy atom. The van der Waals surface area contributed by atoms with E-state index in [0.29, 0.717) is 11.0 Å². The lowest BCUT2D eigenvalue weighted by Crippen LogP contribution is -2.46. The van der Waals surface area contributed by atoms with Gasteiger partial charge in [-0.3, -0.25) is 14.6 Å². The van der Waals surface area contributed by atoms with Gasteiger partial charge in [0.2, 0.25) is 11.8 Å². The Morgan fingerprint density at radius 3 is 2.48 bits per heavy atom. The average molecular weight is 546 g/mol. The number of benzene rings is 1. The second-order valence-electron chi connectivity index (χ2n) is 9.33. The molecule has 1 heterocycles. The van der Waals surface area contributed by atoms with E-state index in [0.717, 1.165) is 17.7 Å². The summed E-state index contributed by atoms with van der Waals surface area (Å²) in [6, 6.07) is 6.26. The van der Waals surface area contributed by atoms with Gasteiger partial charge in [-0.2, -0.15) is 0 Å². The number of sulfone groups is 1. The van der Waals surface area contributed by atoms with Crippen molar-refractivity contribution in [2.45, 2.75) is 53.7 Å². The molecule has 180 valence electrons. The molecule has 1 aliphatic heterocycles. The monoisotopic (exact) mass is 545 g/mol. The van der Waals surface area contributed by atoms with Crippen molar-refractivity contribution in [1.29, 1.82) is 0 Å². The van der Waals surface area contributed by atoms with E-state index in [2.05, 4.69) is 33.0 Å².